The van der Waals surface area contributed by atoms with E-state index >= 15 is 0 Å². The first-order valence-electron chi connectivity index (χ1n) is 9.89. The molecule has 1 saturated heterocycles. The van der Waals surface area contributed by atoms with Crippen molar-refractivity contribution in [2.75, 3.05) is 19.6 Å². The van der Waals surface area contributed by atoms with Crippen LogP contribution in [0.2, 0.25) is 0 Å². The number of para-hydroxylation sites is 2. The van der Waals surface area contributed by atoms with Gasteiger partial charge in [0.05, 0.1) is 0 Å². The molecule has 1 aromatic rings. The lowest BCUT2D eigenvalue weighted by Gasteiger charge is -2.39. The minimum atomic E-state index is -0.612. The molecule has 0 bridgehead atoms. The maximum Gasteiger partial charge on any atom is 0.265 e. The largest absolute Gasteiger partial charge is 0.482 e. The Kier molecular flexibility index (Phi) is 6.07. The molecule has 2 heterocycles. The second kappa shape index (κ2) is 8.30. The van der Waals surface area contributed by atoms with Crippen molar-refractivity contribution in [2.24, 2.45) is 11.8 Å². The number of amides is 1. The molecule has 3 rings (SSSR count). The van der Waals surface area contributed by atoms with Gasteiger partial charge in [0.1, 0.15) is 6.10 Å². The molecule has 0 saturated carbocycles. The van der Waals surface area contributed by atoms with Crippen LogP contribution in [0, 0.1) is 11.8 Å². The molecule has 3 atom stereocenters. The Morgan fingerprint density at radius 2 is 1.77 bits per heavy atom. The molecule has 3 unspecified atom stereocenters. The van der Waals surface area contributed by atoms with E-state index in [4.69, 9.17) is 9.47 Å². The van der Waals surface area contributed by atoms with Crippen LogP contribution >= 0.6 is 0 Å². The number of rotatable bonds is 5. The maximum absolute atomic E-state index is 12.7. The van der Waals surface area contributed by atoms with Crippen molar-refractivity contribution in [3.05, 3.63) is 24.3 Å². The predicted octanol–water partition coefficient (Wildman–Crippen LogP) is 3.09. The van der Waals surface area contributed by atoms with Gasteiger partial charge in [0.2, 0.25) is 6.10 Å². The Balaban J connectivity index is 1.58. The molecule has 0 radical (unpaired) electrons. The van der Waals surface area contributed by atoms with E-state index in [0.717, 1.165) is 19.0 Å². The van der Waals surface area contributed by atoms with E-state index in [1.165, 1.54) is 12.8 Å². The van der Waals surface area contributed by atoms with Crippen molar-refractivity contribution < 1.29 is 14.3 Å². The summed E-state index contributed by atoms with van der Waals surface area (Å²) in [5.74, 6) is 2.54. The fourth-order valence-corrected chi connectivity index (χ4v) is 3.86. The number of benzene rings is 1. The van der Waals surface area contributed by atoms with Gasteiger partial charge < -0.3 is 14.8 Å². The van der Waals surface area contributed by atoms with Crippen molar-refractivity contribution in [1.29, 1.82) is 0 Å². The minimum absolute atomic E-state index is 0.0944. The lowest BCUT2D eigenvalue weighted by Crippen LogP contribution is -2.54. The van der Waals surface area contributed by atoms with E-state index in [-0.39, 0.29) is 12.0 Å². The first-order valence-corrected chi connectivity index (χ1v) is 9.89. The van der Waals surface area contributed by atoms with E-state index in [9.17, 15) is 4.79 Å². The number of carbonyl (C=O) groups is 1. The van der Waals surface area contributed by atoms with Crippen LogP contribution in [0.4, 0.5) is 0 Å². The zero-order valence-electron chi connectivity index (χ0n) is 16.4. The van der Waals surface area contributed by atoms with Gasteiger partial charge in [-0.15, -0.1) is 0 Å². The second-order valence-electron chi connectivity index (χ2n) is 8.08. The fourth-order valence-electron chi connectivity index (χ4n) is 3.86. The molecule has 144 valence electrons. The topological polar surface area (TPSA) is 50.8 Å². The first-order chi connectivity index (χ1) is 12.5. The highest BCUT2D eigenvalue weighted by molar-refractivity contribution is 5.82. The second-order valence-corrected chi connectivity index (χ2v) is 8.08. The Bertz CT molecular complexity index is 611. The van der Waals surface area contributed by atoms with Gasteiger partial charge in [0.15, 0.2) is 11.5 Å². The van der Waals surface area contributed by atoms with Crippen molar-refractivity contribution in [3.8, 4) is 11.5 Å². The smallest absolute Gasteiger partial charge is 0.265 e. The van der Waals surface area contributed by atoms with Gasteiger partial charge >= 0.3 is 0 Å². The summed E-state index contributed by atoms with van der Waals surface area (Å²) in [5, 5.41) is 3.12. The Morgan fingerprint density at radius 3 is 2.38 bits per heavy atom. The molecule has 2 aliphatic heterocycles. The van der Waals surface area contributed by atoms with E-state index in [0.29, 0.717) is 30.0 Å². The normalized spacial score (nSPS) is 25.1. The number of ether oxygens (including phenoxy) is 2. The van der Waals surface area contributed by atoms with Gasteiger partial charge in [-0.25, -0.2) is 0 Å². The summed E-state index contributed by atoms with van der Waals surface area (Å²) in [6.45, 7) is 11.6. The molecule has 1 amide bonds. The third-order valence-corrected chi connectivity index (χ3v) is 5.64. The van der Waals surface area contributed by atoms with Crippen LogP contribution in [0.1, 0.15) is 40.5 Å². The molecule has 2 aliphatic rings. The van der Waals surface area contributed by atoms with Crippen LogP contribution in [0.5, 0.6) is 11.5 Å². The van der Waals surface area contributed by atoms with Gasteiger partial charge in [-0.1, -0.05) is 32.9 Å². The van der Waals surface area contributed by atoms with Crippen LogP contribution in [-0.2, 0) is 4.79 Å². The molecule has 0 spiro atoms. The highest BCUT2D eigenvalue weighted by Gasteiger charge is 2.35. The van der Waals surface area contributed by atoms with E-state index in [2.05, 4.69) is 31.0 Å². The van der Waals surface area contributed by atoms with Gasteiger partial charge in [0.25, 0.3) is 5.91 Å². The molecular weight excluding hydrogens is 328 g/mol. The van der Waals surface area contributed by atoms with Crippen molar-refractivity contribution in [2.45, 2.75) is 58.8 Å². The van der Waals surface area contributed by atoms with Crippen LogP contribution in [0.25, 0.3) is 0 Å². The third kappa shape index (κ3) is 4.32. The molecular formula is C21H32N2O3. The van der Waals surface area contributed by atoms with Crippen LogP contribution < -0.4 is 14.8 Å². The van der Waals surface area contributed by atoms with Crippen molar-refractivity contribution in [1.82, 2.24) is 10.2 Å². The summed E-state index contributed by atoms with van der Waals surface area (Å²) in [6.07, 6.45) is 1.56. The van der Waals surface area contributed by atoms with Crippen LogP contribution in [-0.4, -0.2) is 48.7 Å². The van der Waals surface area contributed by atoms with Crippen molar-refractivity contribution >= 4 is 5.91 Å². The summed E-state index contributed by atoms with van der Waals surface area (Å²) in [7, 11) is 0. The van der Waals surface area contributed by atoms with Crippen molar-refractivity contribution in [3.63, 3.8) is 0 Å². The van der Waals surface area contributed by atoms with Gasteiger partial charge in [-0.05, 0) is 56.8 Å². The summed E-state index contributed by atoms with van der Waals surface area (Å²) in [6, 6.07) is 7.86. The zero-order valence-corrected chi connectivity index (χ0v) is 16.4. The minimum Gasteiger partial charge on any atom is -0.482 e. The van der Waals surface area contributed by atoms with E-state index in [1.807, 2.05) is 31.2 Å². The average Bonchev–Trinajstić information content (AvgIpc) is 2.62. The third-order valence-electron chi connectivity index (χ3n) is 5.64. The highest BCUT2D eigenvalue weighted by atomic mass is 16.6. The van der Waals surface area contributed by atoms with E-state index < -0.39 is 6.10 Å². The molecule has 0 aromatic heterocycles. The predicted molar refractivity (Wildman–Crippen MR) is 103 cm³/mol. The van der Waals surface area contributed by atoms with Crippen LogP contribution in [0.15, 0.2) is 24.3 Å². The lowest BCUT2D eigenvalue weighted by atomic mass is 9.94. The summed E-state index contributed by atoms with van der Waals surface area (Å²) < 4.78 is 11.8. The number of piperidine rings is 1. The molecule has 1 aromatic carbocycles. The molecule has 26 heavy (non-hydrogen) atoms. The molecule has 1 fully saturated rings. The first kappa shape index (κ1) is 19.0. The highest BCUT2D eigenvalue weighted by Crippen LogP contribution is 2.33. The zero-order chi connectivity index (χ0) is 18.7. The molecule has 1 N–H and O–H groups in total. The monoisotopic (exact) mass is 360 g/mol. The summed E-state index contributed by atoms with van der Waals surface area (Å²) >= 11 is 0. The maximum atomic E-state index is 12.7. The van der Waals surface area contributed by atoms with Gasteiger partial charge in [-0.2, -0.15) is 0 Å². The number of hydrogen-bond donors (Lipinski definition) is 1. The molecule has 0 aliphatic carbocycles. The van der Waals surface area contributed by atoms with Gasteiger partial charge in [0, 0.05) is 12.6 Å². The molecule has 5 nitrogen and oxygen atoms in total. The Labute approximate surface area is 157 Å². The quantitative estimate of drug-likeness (QED) is 0.877. The average molecular weight is 360 g/mol. The summed E-state index contributed by atoms with van der Waals surface area (Å²) in [4.78, 5) is 15.3. The Hall–Kier alpha value is -1.75. The standard InChI is InChI=1S/C21H32N2O3/c1-14(2)17(23-11-9-15(3)10-12-23)13-22-21(24)20-16(4)25-18-7-5-6-8-19(18)26-20/h5-8,14-17,20H,9-13H2,1-4H3,(H,22,24). The lowest BCUT2D eigenvalue weighted by molar-refractivity contribution is -0.133. The van der Waals surface area contributed by atoms with Gasteiger partial charge in [-0.3, -0.25) is 9.69 Å². The fraction of sp³-hybridized carbons (Fsp3) is 0.667. The number of carbonyl (C=O) groups excluding carboxylic acids is 1. The van der Waals surface area contributed by atoms with E-state index in [1.54, 1.807) is 0 Å². The molecule has 5 heteroatoms. The summed E-state index contributed by atoms with van der Waals surface area (Å²) in [5.41, 5.74) is 0. The number of likely N-dealkylation sites (tertiary alicyclic amines) is 1. The number of fused-ring (bicyclic) bond motifs is 1. The number of nitrogens with one attached hydrogen (secondary N) is 1. The Morgan fingerprint density at radius 1 is 1.15 bits per heavy atom. The number of hydrogen-bond acceptors (Lipinski definition) is 4. The SMILES string of the molecule is CC1CCN(C(CNC(=O)C2Oc3ccccc3OC2C)C(C)C)CC1. The van der Waals surface area contributed by atoms with Crippen LogP contribution in [0.3, 0.4) is 0 Å². The number of nitrogens with zero attached hydrogens (tertiary/aromatic N) is 1.